The SMILES string of the molecule is CCc1noc(C)c1C(=O)N[C@H](CCO)C(=O)O. The Morgan fingerprint density at radius 3 is 2.67 bits per heavy atom. The van der Waals surface area contributed by atoms with Gasteiger partial charge in [0.15, 0.2) is 0 Å². The fourth-order valence-corrected chi connectivity index (χ4v) is 1.57. The number of aromatic nitrogens is 1. The standard InChI is InChI=1S/C11H16N2O5/c1-3-7-9(6(2)18-13-7)10(15)12-8(4-5-14)11(16)17/h8,14H,3-5H2,1-2H3,(H,12,15)(H,16,17)/t8-/m1/s1. The number of hydrogen-bond acceptors (Lipinski definition) is 5. The van der Waals surface area contributed by atoms with E-state index in [1.54, 1.807) is 6.92 Å². The Kier molecular flexibility index (Phi) is 4.85. The topological polar surface area (TPSA) is 113 Å². The fourth-order valence-electron chi connectivity index (χ4n) is 1.57. The fraction of sp³-hybridized carbons (Fsp3) is 0.545. The Balaban J connectivity index is 2.86. The van der Waals surface area contributed by atoms with Crippen LogP contribution in [0.3, 0.4) is 0 Å². The van der Waals surface area contributed by atoms with Crippen LogP contribution in [0.15, 0.2) is 4.52 Å². The summed E-state index contributed by atoms with van der Waals surface area (Å²) in [5.41, 5.74) is 0.750. The molecule has 0 unspecified atom stereocenters. The molecule has 1 atom stereocenters. The number of nitrogens with one attached hydrogen (secondary N) is 1. The minimum atomic E-state index is -1.19. The van der Waals surface area contributed by atoms with E-state index in [0.29, 0.717) is 17.9 Å². The largest absolute Gasteiger partial charge is 0.480 e. The van der Waals surface area contributed by atoms with Crippen LogP contribution in [0.4, 0.5) is 0 Å². The second-order valence-electron chi connectivity index (χ2n) is 3.79. The molecule has 1 heterocycles. The highest BCUT2D eigenvalue weighted by molar-refractivity contribution is 5.98. The minimum Gasteiger partial charge on any atom is -0.480 e. The zero-order chi connectivity index (χ0) is 13.7. The number of amides is 1. The van der Waals surface area contributed by atoms with Crippen molar-refractivity contribution in [3.8, 4) is 0 Å². The van der Waals surface area contributed by atoms with Gasteiger partial charge in [-0.2, -0.15) is 0 Å². The zero-order valence-corrected chi connectivity index (χ0v) is 10.3. The molecule has 0 aliphatic heterocycles. The summed E-state index contributed by atoms with van der Waals surface area (Å²) in [5, 5.41) is 23.7. The van der Waals surface area contributed by atoms with Crippen molar-refractivity contribution in [2.75, 3.05) is 6.61 Å². The van der Waals surface area contributed by atoms with Gasteiger partial charge in [-0.1, -0.05) is 12.1 Å². The van der Waals surface area contributed by atoms with Crippen molar-refractivity contribution in [3.05, 3.63) is 17.0 Å². The van der Waals surface area contributed by atoms with Gasteiger partial charge >= 0.3 is 5.97 Å². The van der Waals surface area contributed by atoms with Crippen molar-refractivity contribution in [2.45, 2.75) is 32.7 Å². The van der Waals surface area contributed by atoms with Crippen molar-refractivity contribution >= 4 is 11.9 Å². The average Bonchev–Trinajstić information content (AvgIpc) is 2.69. The van der Waals surface area contributed by atoms with Crippen molar-refractivity contribution in [2.24, 2.45) is 0 Å². The number of rotatable bonds is 6. The van der Waals surface area contributed by atoms with E-state index in [4.69, 9.17) is 14.7 Å². The summed E-state index contributed by atoms with van der Waals surface area (Å²) in [5.74, 6) is -1.39. The molecular formula is C11H16N2O5. The molecule has 100 valence electrons. The van der Waals surface area contributed by atoms with Crippen LogP contribution in [0.2, 0.25) is 0 Å². The third-order valence-electron chi connectivity index (χ3n) is 2.52. The van der Waals surface area contributed by atoms with Gasteiger partial charge in [0.05, 0.1) is 5.69 Å². The van der Waals surface area contributed by atoms with Crippen LogP contribution in [0.5, 0.6) is 0 Å². The van der Waals surface area contributed by atoms with E-state index < -0.39 is 17.9 Å². The van der Waals surface area contributed by atoms with Gasteiger partial charge in [-0.25, -0.2) is 4.79 Å². The summed E-state index contributed by atoms with van der Waals surface area (Å²) in [6, 6.07) is -1.12. The number of aliphatic hydroxyl groups is 1. The molecule has 0 aliphatic rings. The zero-order valence-electron chi connectivity index (χ0n) is 10.3. The van der Waals surface area contributed by atoms with Gasteiger partial charge in [0.1, 0.15) is 17.4 Å². The highest BCUT2D eigenvalue weighted by Crippen LogP contribution is 2.14. The normalized spacial score (nSPS) is 12.2. The van der Waals surface area contributed by atoms with E-state index in [-0.39, 0.29) is 18.6 Å². The number of carbonyl (C=O) groups excluding carboxylic acids is 1. The van der Waals surface area contributed by atoms with Crippen molar-refractivity contribution < 1.29 is 24.3 Å². The van der Waals surface area contributed by atoms with Gasteiger partial charge < -0.3 is 20.1 Å². The summed E-state index contributed by atoms with van der Waals surface area (Å²) in [6.07, 6.45) is 0.463. The molecule has 0 bridgehead atoms. The third kappa shape index (κ3) is 3.07. The van der Waals surface area contributed by atoms with Crippen LogP contribution in [0, 0.1) is 6.92 Å². The highest BCUT2D eigenvalue weighted by atomic mass is 16.5. The molecule has 1 amide bonds. The Morgan fingerprint density at radius 1 is 1.50 bits per heavy atom. The van der Waals surface area contributed by atoms with E-state index >= 15 is 0 Å². The number of carboxylic acids is 1. The van der Waals surface area contributed by atoms with E-state index in [0.717, 1.165) is 0 Å². The molecule has 0 aliphatic carbocycles. The van der Waals surface area contributed by atoms with Crippen molar-refractivity contribution in [3.63, 3.8) is 0 Å². The van der Waals surface area contributed by atoms with Crippen LogP contribution in [0.25, 0.3) is 0 Å². The first-order valence-corrected chi connectivity index (χ1v) is 5.60. The maximum absolute atomic E-state index is 11.9. The molecule has 0 saturated carbocycles. The molecule has 7 heteroatoms. The maximum atomic E-state index is 11.9. The van der Waals surface area contributed by atoms with E-state index in [9.17, 15) is 9.59 Å². The molecule has 0 spiro atoms. The number of aliphatic carboxylic acids is 1. The summed E-state index contributed by atoms with van der Waals surface area (Å²) in [6.45, 7) is 3.08. The number of carboxylic acid groups (broad SMARTS) is 1. The molecular weight excluding hydrogens is 240 g/mol. The molecule has 0 radical (unpaired) electrons. The third-order valence-corrected chi connectivity index (χ3v) is 2.52. The molecule has 1 rings (SSSR count). The summed E-state index contributed by atoms with van der Waals surface area (Å²) in [4.78, 5) is 22.8. The van der Waals surface area contributed by atoms with Gasteiger partial charge in [-0.05, 0) is 13.3 Å². The average molecular weight is 256 g/mol. The number of hydrogen-bond donors (Lipinski definition) is 3. The predicted octanol–water partition coefficient (Wildman–Crippen LogP) is 0.111. The lowest BCUT2D eigenvalue weighted by molar-refractivity contribution is -0.139. The van der Waals surface area contributed by atoms with Gasteiger partial charge in [-0.15, -0.1) is 0 Å². The second kappa shape index (κ2) is 6.15. The lowest BCUT2D eigenvalue weighted by atomic mass is 10.1. The Bertz CT molecular complexity index is 441. The minimum absolute atomic E-state index is 0.0488. The van der Waals surface area contributed by atoms with Crippen LogP contribution in [-0.2, 0) is 11.2 Å². The second-order valence-corrected chi connectivity index (χ2v) is 3.79. The van der Waals surface area contributed by atoms with Crippen LogP contribution < -0.4 is 5.32 Å². The van der Waals surface area contributed by atoms with Crippen LogP contribution >= 0.6 is 0 Å². The molecule has 0 saturated heterocycles. The van der Waals surface area contributed by atoms with Crippen molar-refractivity contribution in [1.29, 1.82) is 0 Å². The van der Waals surface area contributed by atoms with E-state index in [1.807, 2.05) is 6.92 Å². The number of aliphatic hydroxyl groups excluding tert-OH is 1. The first-order valence-electron chi connectivity index (χ1n) is 5.60. The lowest BCUT2D eigenvalue weighted by Gasteiger charge is -2.12. The molecule has 0 fully saturated rings. The molecule has 1 aromatic heterocycles. The molecule has 0 aromatic carbocycles. The Labute approximate surface area is 104 Å². The van der Waals surface area contributed by atoms with E-state index in [1.165, 1.54) is 0 Å². The molecule has 1 aromatic rings. The van der Waals surface area contributed by atoms with Crippen LogP contribution in [0.1, 0.15) is 35.2 Å². The maximum Gasteiger partial charge on any atom is 0.326 e. The quantitative estimate of drug-likeness (QED) is 0.666. The van der Waals surface area contributed by atoms with Gasteiger partial charge in [0.25, 0.3) is 5.91 Å². The molecule has 18 heavy (non-hydrogen) atoms. The lowest BCUT2D eigenvalue weighted by Crippen LogP contribution is -2.41. The highest BCUT2D eigenvalue weighted by Gasteiger charge is 2.24. The first kappa shape index (κ1) is 14.2. The first-order chi connectivity index (χ1) is 8.51. The predicted molar refractivity (Wildman–Crippen MR) is 61.2 cm³/mol. The monoisotopic (exact) mass is 256 g/mol. The summed E-state index contributed by atoms with van der Waals surface area (Å²) < 4.78 is 4.90. The molecule has 7 nitrogen and oxygen atoms in total. The van der Waals surface area contributed by atoms with Crippen LogP contribution in [-0.4, -0.2) is 39.9 Å². The smallest absolute Gasteiger partial charge is 0.326 e. The van der Waals surface area contributed by atoms with Gasteiger partial charge in [0, 0.05) is 13.0 Å². The summed E-state index contributed by atoms with van der Waals surface area (Å²) in [7, 11) is 0. The number of carbonyl (C=O) groups is 2. The molecule has 3 N–H and O–H groups in total. The Morgan fingerprint density at radius 2 is 2.17 bits per heavy atom. The number of aryl methyl sites for hydroxylation is 2. The summed E-state index contributed by atoms with van der Waals surface area (Å²) >= 11 is 0. The van der Waals surface area contributed by atoms with Gasteiger partial charge in [0.2, 0.25) is 0 Å². The Hall–Kier alpha value is -1.89. The van der Waals surface area contributed by atoms with Crippen molar-refractivity contribution in [1.82, 2.24) is 10.5 Å². The van der Waals surface area contributed by atoms with E-state index in [2.05, 4.69) is 10.5 Å². The van der Waals surface area contributed by atoms with Gasteiger partial charge in [-0.3, -0.25) is 4.79 Å². The number of nitrogens with zero attached hydrogens (tertiary/aromatic N) is 1.